The van der Waals surface area contributed by atoms with Gasteiger partial charge in [0.25, 0.3) is 0 Å². The van der Waals surface area contributed by atoms with Crippen molar-refractivity contribution in [2.45, 2.75) is 6.42 Å². The number of nitrogens with zero attached hydrogens (tertiary/aromatic N) is 2. The molecule has 0 radical (unpaired) electrons. The van der Waals surface area contributed by atoms with E-state index in [0.29, 0.717) is 24.2 Å². The molecule has 5 nitrogen and oxygen atoms in total. The highest BCUT2D eigenvalue weighted by molar-refractivity contribution is 7.80. The van der Waals surface area contributed by atoms with Crippen LogP contribution >= 0.6 is 12.2 Å². The maximum atomic E-state index is 5.89. The van der Waals surface area contributed by atoms with Crippen LogP contribution in [-0.2, 0) is 6.42 Å². The maximum absolute atomic E-state index is 5.89. The summed E-state index contributed by atoms with van der Waals surface area (Å²) >= 11 is 5.71. The number of imidazole rings is 1. The Kier molecular flexibility index (Phi) is 6.57. The van der Waals surface area contributed by atoms with E-state index < -0.39 is 0 Å². The molecule has 1 aromatic heterocycles. The van der Waals surface area contributed by atoms with E-state index in [9.17, 15) is 0 Å². The highest BCUT2D eigenvalue weighted by Gasteiger charge is 2.16. The van der Waals surface area contributed by atoms with Gasteiger partial charge in [0.15, 0.2) is 5.11 Å². The fourth-order valence-corrected chi connectivity index (χ4v) is 3.48. The number of H-pyrrole nitrogens is 1. The molecule has 0 aliphatic rings. The number of rotatable bonds is 8. The van der Waals surface area contributed by atoms with Gasteiger partial charge in [0.05, 0.1) is 17.6 Å². The van der Waals surface area contributed by atoms with Crippen molar-refractivity contribution in [1.82, 2.24) is 15.3 Å². The summed E-state index contributed by atoms with van der Waals surface area (Å²) in [6, 6.07) is 28.1. The zero-order chi connectivity index (χ0) is 20.6. The Morgan fingerprint density at radius 1 is 0.933 bits per heavy atom. The molecule has 0 fully saturated rings. The predicted octanol–water partition coefficient (Wildman–Crippen LogP) is 4.57. The van der Waals surface area contributed by atoms with Crippen molar-refractivity contribution in [1.29, 1.82) is 0 Å². The molecule has 4 aromatic rings. The smallest absolute Gasteiger partial charge is 0.210 e. The Morgan fingerprint density at radius 3 is 2.40 bits per heavy atom. The number of nitrogens with one attached hydrogen (secondary N) is 2. The molecule has 1 heterocycles. The van der Waals surface area contributed by atoms with E-state index in [-0.39, 0.29) is 0 Å². The minimum atomic E-state index is 0.488. The summed E-state index contributed by atoms with van der Waals surface area (Å²) in [5.74, 6) is 1.55. The highest BCUT2D eigenvalue weighted by atomic mass is 32.1. The Morgan fingerprint density at radius 2 is 1.63 bits per heavy atom. The number of hydrogen-bond donors (Lipinski definition) is 2. The number of para-hydroxylation sites is 3. The van der Waals surface area contributed by atoms with Gasteiger partial charge >= 0.3 is 0 Å². The zero-order valence-electron chi connectivity index (χ0n) is 16.6. The monoisotopic (exact) mass is 416 g/mol. The SMILES string of the molecule is S=C(NCCc1ccccc1)N(CCOc1ccccc1)c1nc2ccccc2[nH]1. The number of benzene rings is 3. The summed E-state index contributed by atoms with van der Waals surface area (Å²) in [5.41, 5.74) is 3.16. The minimum Gasteiger partial charge on any atom is -0.492 e. The third-order valence-corrected chi connectivity index (χ3v) is 5.10. The van der Waals surface area contributed by atoms with Crippen LogP contribution in [0.4, 0.5) is 5.95 Å². The summed E-state index contributed by atoms with van der Waals surface area (Å²) in [5, 5.41) is 3.99. The summed E-state index contributed by atoms with van der Waals surface area (Å²) in [6.45, 7) is 1.81. The van der Waals surface area contributed by atoms with Crippen LogP contribution in [0, 0.1) is 0 Å². The van der Waals surface area contributed by atoms with Crippen LogP contribution in [0.15, 0.2) is 84.9 Å². The average Bonchev–Trinajstić information content (AvgIpc) is 3.22. The van der Waals surface area contributed by atoms with E-state index in [1.165, 1.54) is 5.56 Å². The molecule has 6 heteroatoms. The van der Waals surface area contributed by atoms with E-state index in [1.54, 1.807) is 0 Å². The summed E-state index contributed by atoms with van der Waals surface area (Å²) in [6.07, 6.45) is 0.898. The van der Waals surface area contributed by atoms with E-state index >= 15 is 0 Å². The Labute approximate surface area is 181 Å². The summed E-state index contributed by atoms with van der Waals surface area (Å²) < 4.78 is 5.89. The van der Waals surface area contributed by atoms with Gasteiger partial charge in [-0.15, -0.1) is 0 Å². The number of thiocarbonyl (C=S) groups is 1. The van der Waals surface area contributed by atoms with Gasteiger partial charge in [0.2, 0.25) is 5.95 Å². The van der Waals surface area contributed by atoms with Crippen LogP contribution in [0.25, 0.3) is 11.0 Å². The lowest BCUT2D eigenvalue weighted by molar-refractivity contribution is 0.328. The normalized spacial score (nSPS) is 10.7. The van der Waals surface area contributed by atoms with E-state index in [1.807, 2.05) is 65.6 Å². The molecule has 30 heavy (non-hydrogen) atoms. The van der Waals surface area contributed by atoms with Gasteiger partial charge in [-0.3, -0.25) is 4.90 Å². The molecule has 2 N–H and O–H groups in total. The molecular weight excluding hydrogens is 392 g/mol. The van der Waals surface area contributed by atoms with Crippen LogP contribution in [0.1, 0.15) is 5.56 Å². The van der Waals surface area contributed by atoms with Crippen LogP contribution < -0.4 is 15.0 Å². The highest BCUT2D eigenvalue weighted by Crippen LogP contribution is 2.17. The number of aromatic nitrogens is 2. The minimum absolute atomic E-state index is 0.488. The zero-order valence-corrected chi connectivity index (χ0v) is 17.4. The van der Waals surface area contributed by atoms with E-state index in [4.69, 9.17) is 21.9 Å². The average molecular weight is 417 g/mol. The first kappa shape index (κ1) is 19.9. The second-order valence-electron chi connectivity index (χ2n) is 6.86. The standard InChI is InChI=1S/C24H24N4OS/c30-24(25-16-15-19-9-3-1-4-10-19)28(17-18-29-20-11-5-2-6-12-20)23-26-21-13-7-8-14-22(21)27-23/h1-14H,15-18H2,(H,25,30)(H,26,27). The summed E-state index contributed by atoms with van der Waals surface area (Å²) in [7, 11) is 0. The molecule has 0 bridgehead atoms. The number of hydrogen-bond acceptors (Lipinski definition) is 3. The molecule has 0 aliphatic carbocycles. The van der Waals surface area contributed by atoms with Crippen LogP contribution in [-0.4, -0.2) is 34.8 Å². The quantitative estimate of drug-likeness (QED) is 0.412. The number of fused-ring (bicyclic) bond motifs is 1. The van der Waals surface area contributed by atoms with Crippen molar-refractivity contribution in [3.63, 3.8) is 0 Å². The van der Waals surface area contributed by atoms with Crippen molar-refractivity contribution in [2.75, 3.05) is 24.6 Å². The van der Waals surface area contributed by atoms with Gasteiger partial charge < -0.3 is 15.0 Å². The molecule has 0 unspecified atom stereocenters. The van der Waals surface area contributed by atoms with Crippen LogP contribution in [0.3, 0.4) is 0 Å². The van der Waals surface area contributed by atoms with Crippen molar-refractivity contribution in [2.24, 2.45) is 0 Å². The maximum Gasteiger partial charge on any atom is 0.210 e. The number of aromatic amines is 1. The first-order chi connectivity index (χ1) is 14.8. The predicted molar refractivity (Wildman–Crippen MR) is 126 cm³/mol. The number of anilines is 1. The van der Waals surface area contributed by atoms with Gasteiger partial charge in [-0.2, -0.15) is 0 Å². The lowest BCUT2D eigenvalue weighted by atomic mass is 10.1. The second kappa shape index (κ2) is 9.89. The van der Waals surface area contributed by atoms with Gasteiger partial charge in [-0.05, 0) is 48.5 Å². The third kappa shape index (κ3) is 5.15. The molecule has 0 saturated heterocycles. The lowest BCUT2D eigenvalue weighted by Crippen LogP contribution is -2.43. The number of ether oxygens (including phenoxy) is 1. The van der Waals surface area contributed by atoms with Crippen molar-refractivity contribution >= 4 is 34.3 Å². The lowest BCUT2D eigenvalue weighted by Gasteiger charge is -2.23. The van der Waals surface area contributed by atoms with Crippen molar-refractivity contribution in [3.05, 3.63) is 90.5 Å². The van der Waals surface area contributed by atoms with Gasteiger partial charge in [-0.1, -0.05) is 60.7 Å². The van der Waals surface area contributed by atoms with Crippen LogP contribution in [0.2, 0.25) is 0 Å². The van der Waals surface area contributed by atoms with Crippen LogP contribution in [0.5, 0.6) is 5.75 Å². The van der Waals surface area contributed by atoms with Gasteiger partial charge in [-0.25, -0.2) is 4.98 Å². The second-order valence-corrected chi connectivity index (χ2v) is 7.24. The fraction of sp³-hybridized carbons (Fsp3) is 0.167. The largest absolute Gasteiger partial charge is 0.492 e. The molecule has 0 atom stereocenters. The van der Waals surface area contributed by atoms with Gasteiger partial charge in [0.1, 0.15) is 12.4 Å². The third-order valence-electron chi connectivity index (χ3n) is 4.74. The topological polar surface area (TPSA) is 53.2 Å². The van der Waals surface area contributed by atoms with Crippen molar-refractivity contribution in [3.8, 4) is 5.75 Å². The van der Waals surface area contributed by atoms with E-state index in [0.717, 1.165) is 29.7 Å². The first-order valence-electron chi connectivity index (χ1n) is 10.0. The Bertz CT molecular complexity index is 1050. The van der Waals surface area contributed by atoms with Crippen molar-refractivity contribution < 1.29 is 4.74 Å². The van der Waals surface area contributed by atoms with E-state index in [2.05, 4.69) is 34.6 Å². The molecule has 0 saturated carbocycles. The molecule has 3 aromatic carbocycles. The molecule has 0 spiro atoms. The molecular formula is C24H24N4OS. The molecule has 0 aliphatic heterocycles. The molecule has 4 rings (SSSR count). The Hall–Kier alpha value is -3.38. The summed E-state index contributed by atoms with van der Waals surface area (Å²) in [4.78, 5) is 10.0. The first-order valence-corrected chi connectivity index (χ1v) is 10.4. The molecule has 152 valence electrons. The molecule has 0 amide bonds. The van der Waals surface area contributed by atoms with Gasteiger partial charge in [0, 0.05) is 6.54 Å². The fourth-order valence-electron chi connectivity index (χ4n) is 3.20. The Balaban J connectivity index is 1.43.